The summed E-state index contributed by atoms with van der Waals surface area (Å²) in [7, 11) is 1.40. The third-order valence-corrected chi connectivity index (χ3v) is 8.55. The summed E-state index contributed by atoms with van der Waals surface area (Å²) in [5, 5.41) is 29.0. The molecule has 4 rings (SSSR count). The Morgan fingerprint density at radius 3 is 2.61 bits per heavy atom. The number of ether oxygens (including phenoxy) is 4. The van der Waals surface area contributed by atoms with Gasteiger partial charge in [-0.3, -0.25) is 14.4 Å². The van der Waals surface area contributed by atoms with Gasteiger partial charge in [-0.25, -0.2) is 9.50 Å². The summed E-state index contributed by atoms with van der Waals surface area (Å²) < 4.78 is 23.9. The Balaban J connectivity index is 1.64. The second-order valence-corrected chi connectivity index (χ2v) is 12.3. The molecular formula is C30H42N6O8. The average Bonchev–Trinajstić information content (AvgIpc) is 3.56. The third-order valence-electron chi connectivity index (χ3n) is 8.55. The second-order valence-electron chi connectivity index (χ2n) is 12.3. The van der Waals surface area contributed by atoms with Crippen molar-refractivity contribution in [2.45, 2.75) is 102 Å². The van der Waals surface area contributed by atoms with Crippen molar-refractivity contribution in [3.8, 4) is 6.07 Å². The maximum absolute atomic E-state index is 12.9. The number of methoxy groups -OCH3 is 1. The van der Waals surface area contributed by atoms with Gasteiger partial charge >= 0.3 is 11.9 Å². The summed E-state index contributed by atoms with van der Waals surface area (Å²) in [6, 6.07) is 4.07. The number of aliphatic hydroxyl groups is 1. The molecule has 4 N–H and O–H groups in total. The van der Waals surface area contributed by atoms with Crippen molar-refractivity contribution in [2.75, 3.05) is 19.0 Å². The van der Waals surface area contributed by atoms with Crippen LogP contribution in [0.15, 0.2) is 18.5 Å². The van der Waals surface area contributed by atoms with Gasteiger partial charge in [0.25, 0.3) is 5.91 Å². The number of hydrogen-bond donors (Lipinski definition) is 3. The number of nitriles is 1. The fourth-order valence-electron chi connectivity index (χ4n) is 5.45. The Kier molecular flexibility index (Phi) is 10.2. The number of esters is 2. The summed E-state index contributed by atoms with van der Waals surface area (Å²) in [4.78, 5) is 42.6. The summed E-state index contributed by atoms with van der Waals surface area (Å²) in [6.07, 6.45) is 2.29. The first-order valence-corrected chi connectivity index (χ1v) is 14.9. The van der Waals surface area contributed by atoms with Crippen LogP contribution < -0.4 is 11.1 Å². The van der Waals surface area contributed by atoms with Crippen LogP contribution in [0.3, 0.4) is 0 Å². The Morgan fingerprint density at radius 2 is 1.98 bits per heavy atom. The molecule has 3 heterocycles. The average molecular weight is 615 g/mol. The van der Waals surface area contributed by atoms with E-state index >= 15 is 0 Å². The molecule has 14 nitrogen and oxygen atoms in total. The molecule has 1 saturated carbocycles. The standard InChI is InChI=1S/C30H42N6O8/c1-17(2)23(32)27(39)43-24-20(14-42-22(37)13-18-9-7-6-8-10-18)44-30(15-31,25(24)38)21-12-11-19-26(33-16-34-36(19)21)35-28(40)29(3,4)41-5/h11-12,16-18,20,23-25,38H,6-10,13-14,32H2,1-5H3,(H,33,34,35,40)/t20-,23+,24-,25-,30+/m1/s1. The summed E-state index contributed by atoms with van der Waals surface area (Å²) in [5.41, 5.74) is 3.12. The van der Waals surface area contributed by atoms with Gasteiger partial charge in [0.1, 0.15) is 48.4 Å². The van der Waals surface area contributed by atoms with E-state index in [4.69, 9.17) is 24.7 Å². The zero-order valence-corrected chi connectivity index (χ0v) is 25.8. The fourth-order valence-corrected chi connectivity index (χ4v) is 5.45. The zero-order chi connectivity index (χ0) is 32.2. The van der Waals surface area contributed by atoms with Crippen LogP contribution in [-0.2, 0) is 38.9 Å². The minimum Gasteiger partial charge on any atom is -0.463 e. The Labute approximate surface area is 256 Å². The van der Waals surface area contributed by atoms with Crippen LogP contribution in [0.4, 0.5) is 5.82 Å². The van der Waals surface area contributed by atoms with Crippen molar-refractivity contribution in [2.24, 2.45) is 17.6 Å². The predicted octanol–water partition coefficient (Wildman–Crippen LogP) is 1.98. The molecule has 240 valence electrons. The predicted molar refractivity (Wildman–Crippen MR) is 156 cm³/mol. The van der Waals surface area contributed by atoms with Crippen molar-refractivity contribution < 1.29 is 38.4 Å². The number of nitrogens with one attached hydrogen (secondary N) is 1. The number of carbonyl (C=O) groups excluding carboxylic acids is 3. The van der Waals surface area contributed by atoms with Crippen molar-refractivity contribution >= 4 is 29.2 Å². The number of aliphatic hydroxyl groups excluding tert-OH is 1. The first-order valence-electron chi connectivity index (χ1n) is 14.9. The Morgan fingerprint density at radius 1 is 1.27 bits per heavy atom. The minimum absolute atomic E-state index is 0.0802. The molecule has 0 unspecified atom stereocenters. The molecule has 1 amide bonds. The van der Waals surface area contributed by atoms with Gasteiger partial charge in [-0.2, -0.15) is 10.4 Å². The smallest absolute Gasteiger partial charge is 0.323 e. The molecular weight excluding hydrogens is 572 g/mol. The van der Waals surface area contributed by atoms with Crippen LogP contribution in [0.5, 0.6) is 0 Å². The monoisotopic (exact) mass is 614 g/mol. The molecule has 0 radical (unpaired) electrons. The Hall–Kier alpha value is -3.64. The van der Waals surface area contributed by atoms with Gasteiger partial charge in [0.15, 0.2) is 11.9 Å². The van der Waals surface area contributed by atoms with E-state index in [0.29, 0.717) is 5.52 Å². The van der Waals surface area contributed by atoms with Crippen LogP contribution >= 0.6 is 0 Å². The molecule has 1 aliphatic heterocycles. The highest BCUT2D eigenvalue weighted by atomic mass is 16.6. The first kappa shape index (κ1) is 33.3. The van der Waals surface area contributed by atoms with Crippen molar-refractivity contribution in [3.05, 3.63) is 24.2 Å². The minimum atomic E-state index is -2.11. The quantitative estimate of drug-likeness (QED) is 0.311. The number of amides is 1. The lowest BCUT2D eigenvalue weighted by atomic mass is 9.87. The number of nitrogens with two attached hydrogens (primary N) is 1. The molecule has 2 fully saturated rings. The number of anilines is 1. The number of hydrogen-bond acceptors (Lipinski definition) is 12. The van der Waals surface area contributed by atoms with Crippen molar-refractivity contribution in [1.82, 2.24) is 14.6 Å². The molecule has 14 heteroatoms. The van der Waals surface area contributed by atoms with E-state index in [2.05, 4.69) is 15.4 Å². The van der Waals surface area contributed by atoms with E-state index in [1.54, 1.807) is 33.8 Å². The van der Waals surface area contributed by atoms with Gasteiger partial charge in [0, 0.05) is 13.5 Å². The third kappa shape index (κ3) is 6.71. The molecule has 2 aliphatic rings. The summed E-state index contributed by atoms with van der Waals surface area (Å²) in [6.45, 7) is 6.30. The van der Waals surface area contributed by atoms with Crippen molar-refractivity contribution in [3.63, 3.8) is 0 Å². The first-order chi connectivity index (χ1) is 20.8. The summed E-state index contributed by atoms with van der Waals surface area (Å²) >= 11 is 0. The van der Waals surface area contributed by atoms with Crippen LogP contribution in [0.1, 0.15) is 71.9 Å². The SMILES string of the molecule is COC(C)(C)C(=O)Nc1ncnn2c([C@]3(C#N)O[C@H](COC(=O)CC4CCCCC4)[C@@H](OC(=O)[C@@H](N)C(C)C)[C@H]3O)ccc12. The van der Waals surface area contributed by atoms with E-state index in [9.17, 15) is 24.8 Å². The van der Waals surface area contributed by atoms with Gasteiger partial charge < -0.3 is 35.1 Å². The fraction of sp³-hybridized carbons (Fsp3) is 0.667. The molecule has 0 aromatic carbocycles. The van der Waals surface area contributed by atoms with E-state index in [-0.39, 0.29) is 36.4 Å². The zero-order valence-electron chi connectivity index (χ0n) is 25.8. The van der Waals surface area contributed by atoms with Gasteiger partial charge in [-0.1, -0.05) is 33.1 Å². The van der Waals surface area contributed by atoms with Gasteiger partial charge in [-0.15, -0.1) is 0 Å². The van der Waals surface area contributed by atoms with Gasteiger partial charge in [-0.05, 0) is 50.7 Å². The molecule has 1 saturated heterocycles. The van der Waals surface area contributed by atoms with Crippen LogP contribution in [0, 0.1) is 23.2 Å². The maximum atomic E-state index is 12.9. The van der Waals surface area contributed by atoms with Crippen molar-refractivity contribution in [1.29, 1.82) is 5.26 Å². The number of fused-ring (bicyclic) bond motifs is 1. The molecule has 5 atom stereocenters. The van der Waals surface area contributed by atoms with E-state index in [0.717, 1.165) is 32.1 Å². The highest BCUT2D eigenvalue weighted by molar-refractivity contribution is 5.98. The Bertz CT molecular complexity index is 1400. The second kappa shape index (κ2) is 13.6. The van der Waals surface area contributed by atoms with Gasteiger partial charge in [0.05, 0.1) is 5.69 Å². The largest absolute Gasteiger partial charge is 0.463 e. The lowest BCUT2D eigenvalue weighted by molar-refractivity contribution is -0.162. The van der Waals surface area contributed by atoms with Crippen LogP contribution in [0.25, 0.3) is 5.52 Å². The van der Waals surface area contributed by atoms with Crippen LogP contribution in [0.2, 0.25) is 0 Å². The van der Waals surface area contributed by atoms with E-state index in [1.807, 2.05) is 6.07 Å². The normalized spacial score (nSPS) is 25.0. The van der Waals surface area contributed by atoms with Gasteiger partial charge in [0.2, 0.25) is 5.60 Å². The topological polar surface area (TPSA) is 200 Å². The summed E-state index contributed by atoms with van der Waals surface area (Å²) in [5.74, 6) is -1.61. The number of nitrogens with zero attached hydrogens (tertiary/aromatic N) is 4. The molecule has 1 aliphatic carbocycles. The number of aromatic nitrogens is 3. The molecule has 44 heavy (non-hydrogen) atoms. The molecule has 0 bridgehead atoms. The van der Waals surface area contributed by atoms with Crippen LogP contribution in [-0.4, -0.2) is 81.2 Å². The number of rotatable bonds is 11. The lowest BCUT2D eigenvalue weighted by Crippen LogP contribution is -2.46. The molecule has 2 aromatic heterocycles. The highest BCUT2D eigenvalue weighted by Crippen LogP contribution is 2.42. The number of carbonyl (C=O) groups is 3. The van der Waals surface area contributed by atoms with E-state index in [1.165, 1.54) is 24.0 Å². The van der Waals surface area contributed by atoms with E-state index < -0.39 is 53.4 Å². The molecule has 2 aromatic rings. The molecule has 0 spiro atoms. The maximum Gasteiger partial charge on any atom is 0.323 e. The lowest BCUT2D eigenvalue weighted by Gasteiger charge is -2.26. The highest BCUT2D eigenvalue weighted by Gasteiger charge is 2.60.